The average molecular weight is 362 g/mol. The second kappa shape index (κ2) is 5.93. The number of halogens is 3. The van der Waals surface area contributed by atoms with E-state index in [1.807, 2.05) is 4.68 Å². The third-order valence-electron chi connectivity index (χ3n) is 3.70. The van der Waals surface area contributed by atoms with Gasteiger partial charge in [0.25, 0.3) is 0 Å². The molecule has 3 N–H and O–H groups in total. The SMILES string of the molecule is Nc1nc(Nc2cnn(C3CC3)c2)nc(-c2cccc(C(F)(F)F)n2)n1. The molecule has 0 saturated heterocycles. The summed E-state index contributed by atoms with van der Waals surface area (Å²) in [5.41, 5.74) is 5.23. The Labute approximate surface area is 145 Å². The predicted molar refractivity (Wildman–Crippen MR) is 86.3 cm³/mol. The third kappa shape index (κ3) is 3.41. The van der Waals surface area contributed by atoms with Gasteiger partial charge in [-0.2, -0.15) is 33.2 Å². The quantitative estimate of drug-likeness (QED) is 0.735. The Bertz CT molecular complexity index is 948. The topological polar surface area (TPSA) is 107 Å². The van der Waals surface area contributed by atoms with Gasteiger partial charge in [-0.3, -0.25) is 4.68 Å². The zero-order valence-corrected chi connectivity index (χ0v) is 13.3. The molecule has 0 atom stereocenters. The minimum atomic E-state index is -4.56. The monoisotopic (exact) mass is 362 g/mol. The number of rotatable bonds is 4. The van der Waals surface area contributed by atoms with Gasteiger partial charge in [-0.15, -0.1) is 0 Å². The van der Waals surface area contributed by atoms with Gasteiger partial charge in [0.15, 0.2) is 5.82 Å². The van der Waals surface area contributed by atoms with Crippen LogP contribution in [0.25, 0.3) is 11.5 Å². The van der Waals surface area contributed by atoms with E-state index in [2.05, 4.69) is 30.4 Å². The van der Waals surface area contributed by atoms with Crippen molar-refractivity contribution in [2.24, 2.45) is 0 Å². The first-order valence-corrected chi connectivity index (χ1v) is 7.76. The smallest absolute Gasteiger partial charge is 0.368 e. The number of hydrogen-bond acceptors (Lipinski definition) is 7. The van der Waals surface area contributed by atoms with E-state index in [0.29, 0.717) is 11.7 Å². The molecule has 0 aromatic carbocycles. The number of nitrogens with one attached hydrogen (secondary N) is 1. The van der Waals surface area contributed by atoms with Crippen molar-refractivity contribution in [2.45, 2.75) is 25.1 Å². The molecule has 0 unspecified atom stereocenters. The maximum atomic E-state index is 12.8. The number of nitrogens with two attached hydrogens (primary N) is 1. The maximum Gasteiger partial charge on any atom is 0.433 e. The van der Waals surface area contributed by atoms with Gasteiger partial charge < -0.3 is 11.1 Å². The summed E-state index contributed by atoms with van der Waals surface area (Å²) in [5.74, 6) is -0.0889. The molecule has 8 nitrogen and oxygen atoms in total. The molecule has 1 fully saturated rings. The van der Waals surface area contributed by atoms with Gasteiger partial charge in [-0.05, 0) is 25.0 Å². The fraction of sp³-hybridized carbons (Fsp3) is 0.267. The fourth-order valence-corrected chi connectivity index (χ4v) is 2.35. The summed E-state index contributed by atoms with van der Waals surface area (Å²) in [7, 11) is 0. The largest absolute Gasteiger partial charge is 0.433 e. The molecule has 3 aromatic heterocycles. The van der Waals surface area contributed by atoms with Crippen LogP contribution in [0.1, 0.15) is 24.6 Å². The minimum absolute atomic E-state index is 0.0503. The van der Waals surface area contributed by atoms with E-state index in [1.54, 1.807) is 12.4 Å². The minimum Gasteiger partial charge on any atom is -0.368 e. The molecule has 1 aliphatic rings. The molecule has 0 bridgehead atoms. The molecule has 0 radical (unpaired) electrons. The van der Waals surface area contributed by atoms with E-state index in [0.717, 1.165) is 18.9 Å². The van der Waals surface area contributed by atoms with Crippen LogP contribution in [-0.4, -0.2) is 29.7 Å². The Morgan fingerprint density at radius 2 is 1.92 bits per heavy atom. The van der Waals surface area contributed by atoms with E-state index >= 15 is 0 Å². The molecule has 0 amide bonds. The zero-order valence-electron chi connectivity index (χ0n) is 13.3. The second-order valence-electron chi connectivity index (χ2n) is 5.81. The summed E-state index contributed by atoms with van der Waals surface area (Å²) in [6, 6.07) is 3.90. The molecular formula is C15H13F3N8. The van der Waals surface area contributed by atoms with Crippen LogP contribution in [-0.2, 0) is 6.18 Å². The lowest BCUT2D eigenvalue weighted by Gasteiger charge is -2.08. The standard InChI is InChI=1S/C15H13F3N8/c16-15(17,18)11-3-1-2-10(22-11)12-23-13(19)25-14(24-12)21-8-6-20-26(7-8)9-4-5-9/h1-3,6-7,9H,4-5H2,(H3,19,21,23,24,25). The lowest BCUT2D eigenvalue weighted by atomic mass is 10.3. The normalized spacial score (nSPS) is 14.4. The first kappa shape index (κ1) is 16.2. The summed E-state index contributed by atoms with van der Waals surface area (Å²) >= 11 is 0. The van der Waals surface area contributed by atoms with Crippen molar-refractivity contribution >= 4 is 17.6 Å². The van der Waals surface area contributed by atoms with E-state index < -0.39 is 11.9 Å². The molecule has 11 heteroatoms. The summed E-state index contributed by atoms with van der Waals surface area (Å²) in [5, 5.41) is 7.16. The summed E-state index contributed by atoms with van der Waals surface area (Å²) in [4.78, 5) is 15.5. The molecule has 3 heterocycles. The maximum absolute atomic E-state index is 12.8. The Hall–Kier alpha value is -3.24. The van der Waals surface area contributed by atoms with Crippen molar-refractivity contribution in [3.8, 4) is 11.5 Å². The molecular weight excluding hydrogens is 349 g/mol. The van der Waals surface area contributed by atoms with Gasteiger partial charge in [-0.25, -0.2) is 4.98 Å². The van der Waals surface area contributed by atoms with Crippen molar-refractivity contribution < 1.29 is 13.2 Å². The first-order valence-electron chi connectivity index (χ1n) is 7.76. The molecule has 1 aliphatic carbocycles. The zero-order chi connectivity index (χ0) is 18.3. The van der Waals surface area contributed by atoms with Gasteiger partial charge >= 0.3 is 6.18 Å². The van der Waals surface area contributed by atoms with E-state index in [1.165, 1.54) is 12.1 Å². The van der Waals surface area contributed by atoms with Crippen molar-refractivity contribution in [3.05, 3.63) is 36.3 Å². The Morgan fingerprint density at radius 1 is 1.12 bits per heavy atom. The van der Waals surface area contributed by atoms with E-state index in [9.17, 15) is 13.2 Å². The highest BCUT2D eigenvalue weighted by molar-refractivity contribution is 5.57. The van der Waals surface area contributed by atoms with Gasteiger partial charge in [-0.1, -0.05) is 6.07 Å². The predicted octanol–water partition coefficient (Wildman–Crippen LogP) is 2.81. The Balaban J connectivity index is 1.63. The van der Waals surface area contributed by atoms with Gasteiger partial charge in [0.05, 0.1) is 17.9 Å². The van der Waals surface area contributed by atoms with Crippen molar-refractivity contribution in [1.82, 2.24) is 29.7 Å². The Kier molecular flexibility index (Phi) is 3.71. The van der Waals surface area contributed by atoms with Gasteiger partial charge in [0.1, 0.15) is 11.4 Å². The number of alkyl halides is 3. The summed E-state index contributed by atoms with van der Waals surface area (Å²) in [6.45, 7) is 0. The van der Waals surface area contributed by atoms with E-state index in [-0.39, 0.29) is 23.4 Å². The Morgan fingerprint density at radius 3 is 2.65 bits per heavy atom. The number of nitrogens with zero attached hydrogens (tertiary/aromatic N) is 6. The summed E-state index contributed by atoms with van der Waals surface area (Å²) in [6.07, 6.45) is 1.03. The molecule has 134 valence electrons. The van der Waals surface area contributed by atoms with Crippen LogP contribution in [0.3, 0.4) is 0 Å². The van der Waals surface area contributed by atoms with Crippen LogP contribution in [0.5, 0.6) is 0 Å². The molecule has 1 saturated carbocycles. The number of pyridine rings is 1. The first-order chi connectivity index (χ1) is 12.4. The van der Waals surface area contributed by atoms with Crippen LogP contribution in [0, 0.1) is 0 Å². The summed E-state index contributed by atoms with van der Waals surface area (Å²) < 4.78 is 40.4. The van der Waals surface area contributed by atoms with Gasteiger partial charge in [0.2, 0.25) is 11.9 Å². The number of nitrogen functional groups attached to an aromatic ring is 1. The number of hydrogen-bond donors (Lipinski definition) is 2. The van der Waals surface area contributed by atoms with Crippen molar-refractivity contribution in [3.63, 3.8) is 0 Å². The number of anilines is 3. The highest BCUT2D eigenvalue weighted by Gasteiger charge is 2.32. The van der Waals surface area contributed by atoms with Crippen LogP contribution >= 0.6 is 0 Å². The van der Waals surface area contributed by atoms with Crippen LogP contribution < -0.4 is 11.1 Å². The molecule has 4 rings (SSSR count). The lowest BCUT2D eigenvalue weighted by Crippen LogP contribution is -2.10. The highest BCUT2D eigenvalue weighted by Crippen LogP contribution is 2.34. The number of aromatic nitrogens is 6. The molecule has 3 aromatic rings. The van der Waals surface area contributed by atoms with Crippen molar-refractivity contribution in [1.29, 1.82) is 0 Å². The second-order valence-corrected chi connectivity index (χ2v) is 5.81. The lowest BCUT2D eigenvalue weighted by molar-refractivity contribution is -0.141. The van der Waals surface area contributed by atoms with Crippen LogP contribution in [0.4, 0.5) is 30.8 Å². The van der Waals surface area contributed by atoms with Crippen molar-refractivity contribution in [2.75, 3.05) is 11.1 Å². The fourth-order valence-electron chi connectivity index (χ4n) is 2.35. The average Bonchev–Trinajstić information content (AvgIpc) is 3.34. The van der Waals surface area contributed by atoms with Crippen LogP contribution in [0.2, 0.25) is 0 Å². The molecule has 0 aliphatic heterocycles. The van der Waals surface area contributed by atoms with Crippen LogP contribution in [0.15, 0.2) is 30.6 Å². The van der Waals surface area contributed by atoms with Gasteiger partial charge in [0, 0.05) is 6.20 Å². The molecule has 0 spiro atoms. The third-order valence-corrected chi connectivity index (χ3v) is 3.70. The highest BCUT2D eigenvalue weighted by atomic mass is 19.4. The van der Waals surface area contributed by atoms with E-state index in [4.69, 9.17) is 5.73 Å². The molecule has 26 heavy (non-hydrogen) atoms.